The van der Waals surface area contributed by atoms with Crippen LogP contribution in [0.2, 0.25) is 0 Å². The Morgan fingerprint density at radius 3 is 2.81 bits per heavy atom. The van der Waals surface area contributed by atoms with Gasteiger partial charge in [-0.2, -0.15) is 0 Å². The molecule has 0 aliphatic carbocycles. The SMILES string of the molecule is COc1ccccc1CCNC(=O)CC1CCS(=O)(=O)C1. The van der Waals surface area contributed by atoms with Crippen molar-refractivity contribution in [1.82, 2.24) is 5.32 Å². The standard InChI is InChI=1S/C15H21NO4S/c1-20-14-5-3-2-4-13(14)6-8-16-15(17)10-12-7-9-21(18,19)11-12/h2-5,12H,6-11H2,1H3,(H,16,17). The normalized spacial score (nSPS) is 20.1. The molecule has 1 N–H and O–H groups in total. The lowest BCUT2D eigenvalue weighted by molar-refractivity contribution is -0.121. The zero-order valence-corrected chi connectivity index (χ0v) is 13.0. The molecule has 1 fully saturated rings. The first-order valence-electron chi connectivity index (χ1n) is 7.09. The molecule has 1 atom stereocenters. The summed E-state index contributed by atoms with van der Waals surface area (Å²) in [5.41, 5.74) is 1.05. The largest absolute Gasteiger partial charge is 0.496 e. The molecule has 1 aliphatic rings. The number of amides is 1. The van der Waals surface area contributed by atoms with Gasteiger partial charge in [-0.25, -0.2) is 8.42 Å². The summed E-state index contributed by atoms with van der Waals surface area (Å²) in [5.74, 6) is 1.07. The van der Waals surface area contributed by atoms with Crippen LogP contribution in [0.5, 0.6) is 5.75 Å². The highest BCUT2D eigenvalue weighted by molar-refractivity contribution is 7.91. The summed E-state index contributed by atoms with van der Waals surface area (Å²) in [5, 5.41) is 2.85. The monoisotopic (exact) mass is 311 g/mol. The summed E-state index contributed by atoms with van der Waals surface area (Å²) >= 11 is 0. The molecule has 1 aromatic carbocycles. The lowest BCUT2D eigenvalue weighted by atomic mass is 10.0. The van der Waals surface area contributed by atoms with Crippen LogP contribution < -0.4 is 10.1 Å². The fraction of sp³-hybridized carbons (Fsp3) is 0.533. The maximum absolute atomic E-state index is 11.8. The third kappa shape index (κ3) is 4.74. The van der Waals surface area contributed by atoms with Crippen molar-refractivity contribution in [3.63, 3.8) is 0 Å². The Morgan fingerprint density at radius 2 is 2.14 bits per heavy atom. The molecule has 1 saturated heterocycles. The van der Waals surface area contributed by atoms with Crippen LogP contribution in [0.1, 0.15) is 18.4 Å². The number of hydrogen-bond acceptors (Lipinski definition) is 4. The van der Waals surface area contributed by atoms with E-state index in [4.69, 9.17) is 4.74 Å². The first kappa shape index (κ1) is 15.8. The second-order valence-electron chi connectivity index (χ2n) is 5.38. The van der Waals surface area contributed by atoms with Crippen LogP contribution in [-0.4, -0.2) is 39.5 Å². The van der Waals surface area contributed by atoms with Gasteiger partial charge in [-0.05, 0) is 30.4 Å². The Labute approximate surface area is 125 Å². The van der Waals surface area contributed by atoms with Gasteiger partial charge in [0.15, 0.2) is 9.84 Å². The minimum absolute atomic E-state index is 0.0266. The molecule has 1 unspecified atom stereocenters. The van der Waals surface area contributed by atoms with Crippen molar-refractivity contribution in [3.05, 3.63) is 29.8 Å². The van der Waals surface area contributed by atoms with E-state index in [1.807, 2.05) is 24.3 Å². The van der Waals surface area contributed by atoms with Crippen LogP contribution in [0.25, 0.3) is 0 Å². The molecule has 1 aromatic rings. The van der Waals surface area contributed by atoms with Gasteiger partial charge in [0.1, 0.15) is 5.75 Å². The zero-order valence-electron chi connectivity index (χ0n) is 12.2. The average Bonchev–Trinajstić information content (AvgIpc) is 2.78. The molecular weight excluding hydrogens is 290 g/mol. The maximum atomic E-state index is 11.8. The Kier molecular flexibility index (Phi) is 5.22. The number of hydrogen-bond donors (Lipinski definition) is 1. The summed E-state index contributed by atoms with van der Waals surface area (Å²) < 4.78 is 27.9. The number of carbonyl (C=O) groups is 1. The van der Waals surface area contributed by atoms with E-state index < -0.39 is 9.84 Å². The highest BCUT2D eigenvalue weighted by Gasteiger charge is 2.29. The van der Waals surface area contributed by atoms with Crippen LogP contribution in [0, 0.1) is 5.92 Å². The van der Waals surface area contributed by atoms with Gasteiger partial charge < -0.3 is 10.1 Å². The van der Waals surface area contributed by atoms with Crippen LogP contribution >= 0.6 is 0 Å². The van der Waals surface area contributed by atoms with Crippen LogP contribution in [-0.2, 0) is 21.1 Å². The van der Waals surface area contributed by atoms with Crippen molar-refractivity contribution in [1.29, 1.82) is 0 Å². The smallest absolute Gasteiger partial charge is 0.220 e. The van der Waals surface area contributed by atoms with Gasteiger partial charge in [-0.15, -0.1) is 0 Å². The molecule has 116 valence electrons. The molecule has 1 amide bonds. The summed E-state index contributed by atoms with van der Waals surface area (Å²) in [6.07, 6.45) is 1.59. The lowest BCUT2D eigenvalue weighted by Crippen LogP contribution is -2.28. The molecule has 0 saturated carbocycles. The Bertz CT molecular complexity index is 597. The number of methoxy groups -OCH3 is 1. The minimum Gasteiger partial charge on any atom is -0.496 e. The van der Waals surface area contributed by atoms with E-state index in [1.165, 1.54) is 0 Å². The maximum Gasteiger partial charge on any atom is 0.220 e. The van der Waals surface area contributed by atoms with Gasteiger partial charge in [0.2, 0.25) is 5.91 Å². The first-order valence-corrected chi connectivity index (χ1v) is 8.91. The fourth-order valence-electron chi connectivity index (χ4n) is 2.61. The average molecular weight is 311 g/mol. The summed E-state index contributed by atoms with van der Waals surface area (Å²) in [6, 6.07) is 7.69. The molecule has 0 radical (unpaired) electrons. The predicted molar refractivity (Wildman–Crippen MR) is 81.1 cm³/mol. The summed E-state index contributed by atoms with van der Waals surface area (Å²) in [4.78, 5) is 11.8. The van der Waals surface area contributed by atoms with Crippen molar-refractivity contribution in [2.24, 2.45) is 5.92 Å². The number of nitrogens with one attached hydrogen (secondary N) is 1. The fourth-order valence-corrected chi connectivity index (χ4v) is 4.48. The van der Waals surface area contributed by atoms with Crippen molar-refractivity contribution < 1.29 is 17.9 Å². The number of ether oxygens (including phenoxy) is 1. The van der Waals surface area contributed by atoms with E-state index in [9.17, 15) is 13.2 Å². The molecule has 0 bridgehead atoms. The van der Waals surface area contributed by atoms with E-state index in [-0.39, 0.29) is 23.3 Å². The van der Waals surface area contributed by atoms with E-state index in [0.29, 0.717) is 25.8 Å². The van der Waals surface area contributed by atoms with Crippen molar-refractivity contribution in [2.75, 3.05) is 25.2 Å². The lowest BCUT2D eigenvalue weighted by Gasteiger charge is -2.10. The Balaban J connectivity index is 1.75. The number of carbonyl (C=O) groups excluding carboxylic acids is 1. The van der Waals surface area contributed by atoms with E-state index in [2.05, 4.69) is 5.32 Å². The predicted octanol–water partition coefficient (Wildman–Crippen LogP) is 1.18. The van der Waals surface area contributed by atoms with Crippen molar-refractivity contribution in [2.45, 2.75) is 19.3 Å². The van der Waals surface area contributed by atoms with Gasteiger partial charge >= 0.3 is 0 Å². The summed E-state index contributed by atoms with van der Waals surface area (Å²) in [6.45, 7) is 0.526. The molecule has 6 heteroatoms. The van der Waals surface area contributed by atoms with E-state index in [1.54, 1.807) is 7.11 Å². The summed E-state index contributed by atoms with van der Waals surface area (Å²) in [7, 11) is -1.29. The van der Waals surface area contributed by atoms with Gasteiger partial charge in [0.25, 0.3) is 0 Å². The second-order valence-corrected chi connectivity index (χ2v) is 7.61. The van der Waals surface area contributed by atoms with Gasteiger partial charge in [-0.3, -0.25) is 4.79 Å². The van der Waals surface area contributed by atoms with Crippen LogP contribution in [0.4, 0.5) is 0 Å². The third-order valence-electron chi connectivity index (χ3n) is 3.71. The molecule has 2 rings (SSSR count). The van der Waals surface area contributed by atoms with E-state index in [0.717, 1.165) is 11.3 Å². The van der Waals surface area contributed by atoms with Crippen molar-refractivity contribution >= 4 is 15.7 Å². The Morgan fingerprint density at radius 1 is 1.38 bits per heavy atom. The highest BCUT2D eigenvalue weighted by atomic mass is 32.2. The molecule has 1 heterocycles. The van der Waals surface area contributed by atoms with E-state index >= 15 is 0 Å². The van der Waals surface area contributed by atoms with Gasteiger partial charge in [0, 0.05) is 13.0 Å². The van der Waals surface area contributed by atoms with Crippen molar-refractivity contribution in [3.8, 4) is 5.75 Å². The van der Waals surface area contributed by atoms with Crippen LogP contribution in [0.3, 0.4) is 0 Å². The Hall–Kier alpha value is -1.56. The number of rotatable bonds is 6. The van der Waals surface area contributed by atoms with Gasteiger partial charge in [-0.1, -0.05) is 18.2 Å². The quantitative estimate of drug-likeness (QED) is 0.856. The molecule has 0 spiro atoms. The molecule has 21 heavy (non-hydrogen) atoms. The molecule has 5 nitrogen and oxygen atoms in total. The van der Waals surface area contributed by atoms with Gasteiger partial charge in [0.05, 0.1) is 18.6 Å². The molecule has 0 aromatic heterocycles. The van der Waals surface area contributed by atoms with Crippen LogP contribution in [0.15, 0.2) is 24.3 Å². The number of benzene rings is 1. The number of para-hydroxylation sites is 1. The topological polar surface area (TPSA) is 72.5 Å². The zero-order chi connectivity index (χ0) is 15.3. The highest BCUT2D eigenvalue weighted by Crippen LogP contribution is 2.21. The molecule has 1 aliphatic heterocycles. The minimum atomic E-state index is -2.91. The first-order chi connectivity index (χ1) is 10.00. The third-order valence-corrected chi connectivity index (χ3v) is 5.55. The second kappa shape index (κ2) is 6.93. The number of sulfone groups is 1. The molecular formula is C15H21NO4S.